The molecule has 0 heterocycles. The van der Waals surface area contributed by atoms with Gasteiger partial charge in [0.15, 0.2) is 12.7 Å². The third kappa shape index (κ3) is 4.70. The summed E-state index contributed by atoms with van der Waals surface area (Å²) in [5.41, 5.74) is 3.78. The van der Waals surface area contributed by atoms with Crippen LogP contribution in [0.1, 0.15) is 33.6 Å². The van der Waals surface area contributed by atoms with Gasteiger partial charge in [-0.15, -0.1) is 0 Å². The van der Waals surface area contributed by atoms with Gasteiger partial charge < -0.3 is 0 Å². The quantitative estimate of drug-likeness (QED) is 0.496. The van der Waals surface area contributed by atoms with Gasteiger partial charge in [-0.2, -0.15) is 0 Å². The Labute approximate surface area is 111 Å². The van der Waals surface area contributed by atoms with Gasteiger partial charge in [0.1, 0.15) is 6.21 Å². The molecule has 0 fully saturated rings. The van der Waals surface area contributed by atoms with E-state index in [1.165, 1.54) is 11.1 Å². The van der Waals surface area contributed by atoms with E-state index in [9.17, 15) is 0 Å². The van der Waals surface area contributed by atoms with Crippen molar-refractivity contribution in [2.45, 2.75) is 33.6 Å². The van der Waals surface area contributed by atoms with Crippen molar-refractivity contribution in [3.63, 3.8) is 0 Å². The minimum absolute atomic E-state index is 0.849. The van der Waals surface area contributed by atoms with E-state index >= 15 is 0 Å². The smallest absolute Gasteiger partial charge is 0.173 e. The molecule has 1 heteroatoms. The molecular formula is C17H24N+. The van der Waals surface area contributed by atoms with Gasteiger partial charge in [0, 0.05) is 12.0 Å². The standard InChI is InChI=1S/C17H24N/c1-5-11-18(12-6-2)14-16(4)17-10-8-7-9-15(3)13-17/h5,7-8,10-13H,4,6,9,14H2,1-3H3/q+1/b11-5-,18-12+. The lowest BCUT2D eigenvalue weighted by Gasteiger charge is -2.05. The van der Waals surface area contributed by atoms with Gasteiger partial charge in [-0.05, 0) is 31.9 Å². The molecule has 0 radical (unpaired) electrons. The fourth-order valence-corrected chi connectivity index (χ4v) is 1.93. The van der Waals surface area contributed by atoms with Crippen molar-refractivity contribution < 1.29 is 4.58 Å². The molecule has 1 nitrogen and oxygen atoms in total. The fraction of sp³-hybridized carbons (Fsp3) is 0.353. The van der Waals surface area contributed by atoms with Gasteiger partial charge in [0.2, 0.25) is 0 Å². The second-order valence-electron chi connectivity index (χ2n) is 4.59. The Kier molecular flexibility index (Phi) is 6.13. The van der Waals surface area contributed by atoms with Crippen molar-refractivity contribution >= 4 is 6.21 Å². The number of hydrogen-bond donors (Lipinski definition) is 0. The molecule has 0 spiro atoms. The molecule has 1 rings (SSSR count). The molecule has 0 aromatic rings. The molecule has 0 atom stereocenters. The van der Waals surface area contributed by atoms with E-state index in [-0.39, 0.29) is 0 Å². The Bertz CT molecular complexity index is 442. The van der Waals surface area contributed by atoms with Crippen molar-refractivity contribution in [1.82, 2.24) is 0 Å². The molecule has 0 aromatic heterocycles. The summed E-state index contributed by atoms with van der Waals surface area (Å²) in [4.78, 5) is 0. The van der Waals surface area contributed by atoms with Gasteiger partial charge in [0.25, 0.3) is 0 Å². The van der Waals surface area contributed by atoms with E-state index in [1.54, 1.807) is 0 Å². The zero-order chi connectivity index (χ0) is 13.4. The number of rotatable bonds is 5. The van der Waals surface area contributed by atoms with Crippen LogP contribution in [0.3, 0.4) is 0 Å². The first-order chi connectivity index (χ1) is 8.67. The Balaban J connectivity index is 2.81. The maximum Gasteiger partial charge on any atom is 0.173 e. The maximum absolute atomic E-state index is 4.22. The van der Waals surface area contributed by atoms with E-state index < -0.39 is 0 Å². The molecule has 0 aromatic carbocycles. The molecular weight excluding hydrogens is 218 g/mol. The molecule has 0 aliphatic heterocycles. The highest BCUT2D eigenvalue weighted by Crippen LogP contribution is 2.17. The van der Waals surface area contributed by atoms with E-state index in [0.717, 1.165) is 25.0 Å². The molecule has 0 saturated heterocycles. The third-order valence-corrected chi connectivity index (χ3v) is 2.79. The summed E-state index contributed by atoms with van der Waals surface area (Å²) in [5.74, 6) is 0. The van der Waals surface area contributed by atoms with E-state index in [4.69, 9.17) is 0 Å². The summed E-state index contributed by atoms with van der Waals surface area (Å²) in [6, 6.07) is 0. The topological polar surface area (TPSA) is 3.01 Å². The van der Waals surface area contributed by atoms with Crippen LogP contribution in [0.15, 0.2) is 59.9 Å². The predicted molar refractivity (Wildman–Crippen MR) is 81.0 cm³/mol. The number of hydrogen-bond acceptors (Lipinski definition) is 0. The summed E-state index contributed by atoms with van der Waals surface area (Å²) >= 11 is 0. The summed E-state index contributed by atoms with van der Waals surface area (Å²) < 4.78 is 2.20. The first kappa shape index (κ1) is 14.4. The Hall–Kier alpha value is -1.63. The van der Waals surface area contributed by atoms with Crippen LogP contribution in [0.25, 0.3) is 0 Å². The normalized spacial score (nSPS) is 16.5. The molecule has 1 aliphatic carbocycles. The van der Waals surface area contributed by atoms with Crippen LogP contribution in [0.5, 0.6) is 0 Å². The molecule has 96 valence electrons. The van der Waals surface area contributed by atoms with E-state index in [2.05, 4.69) is 67.8 Å². The van der Waals surface area contributed by atoms with Gasteiger partial charge in [-0.25, -0.2) is 4.58 Å². The Morgan fingerprint density at radius 3 is 2.94 bits per heavy atom. The second kappa shape index (κ2) is 7.65. The fourth-order valence-electron chi connectivity index (χ4n) is 1.93. The minimum Gasteiger partial charge on any atom is -0.205 e. The van der Waals surface area contributed by atoms with E-state index in [0.29, 0.717) is 0 Å². The maximum atomic E-state index is 4.22. The highest BCUT2D eigenvalue weighted by molar-refractivity contribution is 5.51. The third-order valence-electron chi connectivity index (χ3n) is 2.79. The lowest BCUT2D eigenvalue weighted by Crippen LogP contribution is -2.10. The van der Waals surface area contributed by atoms with Gasteiger partial charge >= 0.3 is 0 Å². The summed E-state index contributed by atoms with van der Waals surface area (Å²) in [6.45, 7) is 11.4. The van der Waals surface area contributed by atoms with Crippen LogP contribution in [0, 0.1) is 0 Å². The average molecular weight is 242 g/mol. The lowest BCUT2D eigenvalue weighted by atomic mass is 10.0. The minimum atomic E-state index is 0.849. The monoisotopic (exact) mass is 242 g/mol. The van der Waals surface area contributed by atoms with Crippen molar-refractivity contribution in [2.24, 2.45) is 0 Å². The summed E-state index contributed by atoms with van der Waals surface area (Å²) in [7, 11) is 0. The molecule has 0 amide bonds. The number of allylic oxidation sites excluding steroid dienone is 6. The predicted octanol–water partition coefficient (Wildman–Crippen LogP) is 4.40. The second-order valence-corrected chi connectivity index (χ2v) is 4.59. The van der Waals surface area contributed by atoms with Crippen molar-refractivity contribution in [3.8, 4) is 0 Å². The van der Waals surface area contributed by atoms with Crippen LogP contribution in [0.2, 0.25) is 0 Å². The van der Waals surface area contributed by atoms with Gasteiger partial charge in [-0.1, -0.05) is 43.4 Å². The zero-order valence-electron chi connectivity index (χ0n) is 11.8. The van der Waals surface area contributed by atoms with Crippen LogP contribution in [0.4, 0.5) is 0 Å². The molecule has 18 heavy (non-hydrogen) atoms. The highest BCUT2D eigenvalue weighted by atomic mass is 15.0. The first-order valence-electron chi connectivity index (χ1n) is 6.61. The van der Waals surface area contributed by atoms with Crippen LogP contribution in [-0.2, 0) is 0 Å². The van der Waals surface area contributed by atoms with Gasteiger partial charge in [0.05, 0.1) is 0 Å². The first-order valence-corrected chi connectivity index (χ1v) is 6.61. The average Bonchev–Trinajstić information content (AvgIpc) is 2.54. The Morgan fingerprint density at radius 2 is 2.28 bits per heavy atom. The highest BCUT2D eigenvalue weighted by Gasteiger charge is 2.08. The number of nitrogens with zero attached hydrogens (tertiary/aromatic N) is 1. The van der Waals surface area contributed by atoms with Crippen LogP contribution >= 0.6 is 0 Å². The molecule has 0 saturated carbocycles. The lowest BCUT2D eigenvalue weighted by molar-refractivity contribution is -0.443. The molecule has 0 unspecified atom stereocenters. The summed E-state index contributed by atoms with van der Waals surface area (Å²) in [6.07, 6.45) is 17.1. The van der Waals surface area contributed by atoms with Crippen LogP contribution < -0.4 is 0 Å². The molecule has 1 aliphatic rings. The molecule has 0 N–H and O–H groups in total. The van der Waals surface area contributed by atoms with Gasteiger partial charge in [-0.3, -0.25) is 0 Å². The van der Waals surface area contributed by atoms with E-state index in [1.807, 2.05) is 6.92 Å². The summed E-state index contributed by atoms with van der Waals surface area (Å²) in [5, 5.41) is 0. The van der Waals surface area contributed by atoms with Crippen molar-refractivity contribution in [3.05, 3.63) is 59.9 Å². The van der Waals surface area contributed by atoms with Crippen molar-refractivity contribution in [1.29, 1.82) is 0 Å². The van der Waals surface area contributed by atoms with Crippen molar-refractivity contribution in [2.75, 3.05) is 6.54 Å². The van der Waals surface area contributed by atoms with Crippen LogP contribution in [-0.4, -0.2) is 17.3 Å². The zero-order valence-corrected chi connectivity index (χ0v) is 11.8. The molecule has 0 bridgehead atoms. The Morgan fingerprint density at radius 1 is 1.50 bits per heavy atom. The SMILES string of the molecule is C=C(C[N+](/C=C\C)=C/CC)C1=CC=CCC(C)=C1. The largest absolute Gasteiger partial charge is 0.205 e.